The summed E-state index contributed by atoms with van der Waals surface area (Å²) in [5, 5.41) is 11.5. The van der Waals surface area contributed by atoms with E-state index < -0.39 is 9.84 Å². The highest BCUT2D eigenvalue weighted by Crippen LogP contribution is 2.19. The minimum Gasteiger partial charge on any atom is -0.378 e. The zero-order chi connectivity index (χ0) is 17.0. The van der Waals surface area contributed by atoms with Crippen molar-refractivity contribution in [1.82, 2.24) is 20.2 Å². The normalized spacial score (nSPS) is 12.0. The molecule has 8 heteroatoms. The first-order chi connectivity index (χ1) is 10.8. The summed E-state index contributed by atoms with van der Waals surface area (Å²) in [7, 11) is -3.34. The number of aromatic nitrogens is 4. The number of aryl methyl sites for hydroxylation is 2. The third kappa shape index (κ3) is 4.59. The Labute approximate surface area is 136 Å². The van der Waals surface area contributed by atoms with Crippen LogP contribution in [0.5, 0.6) is 0 Å². The Morgan fingerprint density at radius 3 is 2.48 bits per heavy atom. The quantitative estimate of drug-likeness (QED) is 0.762. The van der Waals surface area contributed by atoms with E-state index in [0.29, 0.717) is 5.82 Å². The van der Waals surface area contributed by atoms with Crippen LogP contribution in [0.25, 0.3) is 5.69 Å². The Morgan fingerprint density at radius 2 is 1.87 bits per heavy atom. The van der Waals surface area contributed by atoms with Crippen LogP contribution in [0, 0.1) is 13.8 Å². The number of hydrogen-bond acceptors (Lipinski definition) is 6. The van der Waals surface area contributed by atoms with E-state index in [4.69, 9.17) is 4.74 Å². The second-order valence-corrected chi connectivity index (χ2v) is 7.94. The van der Waals surface area contributed by atoms with Crippen LogP contribution >= 0.6 is 0 Å². The van der Waals surface area contributed by atoms with Crippen molar-refractivity contribution in [3.63, 3.8) is 0 Å². The highest BCUT2D eigenvalue weighted by Gasteiger charge is 2.20. The van der Waals surface area contributed by atoms with Gasteiger partial charge in [-0.2, -0.15) is 4.68 Å². The first-order valence-electron chi connectivity index (χ1n) is 7.46. The van der Waals surface area contributed by atoms with Crippen LogP contribution in [-0.2, 0) is 20.3 Å². The Kier molecular flexibility index (Phi) is 5.48. The van der Waals surface area contributed by atoms with Gasteiger partial charge in [-0.05, 0) is 49.2 Å². The van der Waals surface area contributed by atoms with Crippen molar-refractivity contribution in [2.24, 2.45) is 0 Å². The van der Waals surface area contributed by atoms with Crippen LogP contribution in [0.4, 0.5) is 0 Å². The van der Waals surface area contributed by atoms with Crippen LogP contribution in [0.3, 0.4) is 0 Å². The lowest BCUT2D eigenvalue weighted by atomic mass is 10.1. The molecule has 0 amide bonds. The molecule has 1 aromatic carbocycles. The fraction of sp³-hybridized carbons (Fsp3) is 0.533. The van der Waals surface area contributed by atoms with Crippen LogP contribution in [-0.4, -0.2) is 47.1 Å². The molecule has 1 aromatic heterocycles. The summed E-state index contributed by atoms with van der Waals surface area (Å²) in [5.74, 6) is 0.0481. The minimum absolute atomic E-state index is 0.00476. The van der Waals surface area contributed by atoms with E-state index in [2.05, 4.69) is 15.5 Å². The molecule has 0 bridgehead atoms. The first kappa shape index (κ1) is 17.6. The third-order valence-electron chi connectivity index (χ3n) is 3.38. The van der Waals surface area contributed by atoms with Gasteiger partial charge in [0.15, 0.2) is 15.7 Å². The molecule has 0 fully saturated rings. The van der Waals surface area contributed by atoms with E-state index >= 15 is 0 Å². The molecule has 0 saturated heterocycles. The number of para-hydroxylation sites is 1. The standard InChI is InChI=1S/C15H22N4O3S/c1-11(2)22-8-9-23(20,21)10-14-16-17-18-19(14)15-12(3)6-5-7-13(15)4/h5-7,11H,8-10H2,1-4H3. The molecule has 23 heavy (non-hydrogen) atoms. The van der Waals surface area contributed by atoms with Gasteiger partial charge in [-0.15, -0.1) is 5.10 Å². The van der Waals surface area contributed by atoms with E-state index in [1.807, 2.05) is 45.9 Å². The smallest absolute Gasteiger partial charge is 0.171 e. The van der Waals surface area contributed by atoms with Gasteiger partial charge in [0, 0.05) is 0 Å². The first-order valence-corrected chi connectivity index (χ1v) is 9.28. The van der Waals surface area contributed by atoms with Gasteiger partial charge in [0.2, 0.25) is 0 Å². The molecule has 0 radical (unpaired) electrons. The minimum atomic E-state index is -3.34. The molecule has 0 atom stereocenters. The lowest BCUT2D eigenvalue weighted by Crippen LogP contribution is -2.19. The zero-order valence-corrected chi connectivity index (χ0v) is 14.7. The van der Waals surface area contributed by atoms with Crippen molar-refractivity contribution in [3.8, 4) is 5.69 Å². The van der Waals surface area contributed by atoms with E-state index in [1.165, 1.54) is 4.68 Å². The van der Waals surface area contributed by atoms with Gasteiger partial charge in [-0.25, -0.2) is 8.42 Å². The molecule has 0 saturated carbocycles. The lowest BCUT2D eigenvalue weighted by Gasteiger charge is -2.11. The van der Waals surface area contributed by atoms with E-state index in [0.717, 1.165) is 16.8 Å². The zero-order valence-electron chi connectivity index (χ0n) is 13.9. The molecule has 7 nitrogen and oxygen atoms in total. The summed E-state index contributed by atoms with van der Waals surface area (Å²) >= 11 is 0. The molecule has 0 N–H and O–H groups in total. The second kappa shape index (κ2) is 7.18. The van der Waals surface area contributed by atoms with Gasteiger partial charge in [0.1, 0.15) is 5.75 Å². The highest BCUT2D eigenvalue weighted by atomic mass is 32.2. The molecule has 2 rings (SSSR count). The Bertz CT molecular complexity index is 749. The van der Waals surface area contributed by atoms with Crippen molar-refractivity contribution in [2.75, 3.05) is 12.4 Å². The van der Waals surface area contributed by atoms with Gasteiger partial charge < -0.3 is 4.74 Å². The van der Waals surface area contributed by atoms with Gasteiger partial charge >= 0.3 is 0 Å². The lowest BCUT2D eigenvalue weighted by molar-refractivity contribution is 0.0912. The summed E-state index contributed by atoms with van der Waals surface area (Å²) in [4.78, 5) is 0. The van der Waals surface area contributed by atoms with Crippen LogP contribution in [0.1, 0.15) is 30.8 Å². The maximum atomic E-state index is 12.2. The number of nitrogens with zero attached hydrogens (tertiary/aromatic N) is 4. The fourth-order valence-electron chi connectivity index (χ4n) is 2.29. The summed E-state index contributed by atoms with van der Waals surface area (Å²) in [6.45, 7) is 7.80. The number of rotatable bonds is 7. The Morgan fingerprint density at radius 1 is 1.22 bits per heavy atom. The monoisotopic (exact) mass is 338 g/mol. The van der Waals surface area contributed by atoms with Crippen LogP contribution in [0.2, 0.25) is 0 Å². The van der Waals surface area contributed by atoms with Crippen molar-refractivity contribution in [3.05, 3.63) is 35.2 Å². The summed E-state index contributed by atoms with van der Waals surface area (Å²) in [6.07, 6.45) is 0.00476. The summed E-state index contributed by atoms with van der Waals surface area (Å²) < 4.78 is 31.3. The van der Waals surface area contributed by atoms with E-state index in [-0.39, 0.29) is 24.2 Å². The molecule has 126 valence electrons. The Balaban J connectivity index is 2.22. The largest absolute Gasteiger partial charge is 0.378 e. The summed E-state index contributed by atoms with van der Waals surface area (Å²) in [5.41, 5.74) is 2.79. The molecular formula is C15H22N4O3S. The number of hydrogen-bond donors (Lipinski definition) is 0. The van der Waals surface area contributed by atoms with Crippen molar-refractivity contribution < 1.29 is 13.2 Å². The van der Waals surface area contributed by atoms with Gasteiger partial charge in [0.25, 0.3) is 0 Å². The van der Waals surface area contributed by atoms with Gasteiger partial charge in [-0.3, -0.25) is 0 Å². The summed E-state index contributed by atoms with van der Waals surface area (Å²) in [6, 6.07) is 5.83. The average Bonchev–Trinajstić information content (AvgIpc) is 2.85. The average molecular weight is 338 g/mol. The molecule has 0 spiro atoms. The van der Waals surface area contributed by atoms with Crippen molar-refractivity contribution in [1.29, 1.82) is 0 Å². The van der Waals surface area contributed by atoms with Crippen LogP contribution < -0.4 is 0 Å². The van der Waals surface area contributed by atoms with Crippen LogP contribution in [0.15, 0.2) is 18.2 Å². The molecule has 0 aliphatic heterocycles. The predicted molar refractivity (Wildman–Crippen MR) is 87.2 cm³/mol. The maximum Gasteiger partial charge on any atom is 0.171 e. The van der Waals surface area contributed by atoms with Crippen molar-refractivity contribution in [2.45, 2.75) is 39.6 Å². The Hall–Kier alpha value is -1.80. The molecule has 0 unspecified atom stereocenters. The van der Waals surface area contributed by atoms with E-state index in [9.17, 15) is 8.42 Å². The molecule has 2 aromatic rings. The molecular weight excluding hydrogens is 316 g/mol. The van der Waals surface area contributed by atoms with Crippen molar-refractivity contribution >= 4 is 9.84 Å². The third-order valence-corrected chi connectivity index (χ3v) is 4.87. The predicted octanol–water partition coefficient (Wildman–Crippen LogP) is 1.62. The highest BCUT2D eigenvalue weighted by molar-refractivity contribution is 7.90. The van der Waals surface area contributed by atoms with Gasteiger partial charge in [0.05, 0.1) is 24.2 Å². The number of sulfone groups is 1. The second-order valence-electron chi connectivity index (χ2n) is 5.76. The van der Waals surface area contributed by atoms with E-state index in [1.54, 1.807) is 0 Å². The number of tetrazole rings is 1. The maximum absolute atomic E-state index is 12.2. The molecule has 1 heterocycles. The molecule has 0 aliphatic rings. The number of ether oxygens (including phenoxy) is 1. The topological polar surface area (TPSA) is 87.0 Å². The van der Waals surface area contributed by atoms with Gasteiger partial charge in [-0.1, -0.05) is 18.2 Å². The number of benzene rings is 1. The molecule has 0 aliphatic carbocycles. The SMILES string of the molecule is Cc1cccc(C)c1-n1nnnc1CS(=O)(=O)CCOC(C)C. The fourth-order valence-corrected chi connectivity index (χ4v) is 3.36.